The van der Waals surface area contributed by atoms with Gasteiger partial charge in [0.1, 0.15) is 0 Å². The summed E-state index contributed by atoms with van der Waals surface area (Å²) in [6.45, 7) is 3.72. The largest absolute Gasteiger partial charge is 0.479 e. The van der Waals surface area contributed by atoms with Crippen molar-refractivity contribution in [3.05, 3.63) is 0 Å². The van der Waals surface area contributed by atoms with Crippen LogP contribution in [-0.2, 0) is 9.53 Å². The number of nitrogens with zero attached hydrogens (tertiary/aromatic N) is 1. The Morgan fingerprint density at radius 3 is 2.33 bits per heavy atom. The summed E-state index contributed by atoms with van der Waals surface area (Å²) in [5, 5.41) is 9.10. The molecule has 0 aromatic heterocycles. The van der Waals surface area contributed by atoms with E-state index >= 15 is 0 Å². The molecular weight excluding hydrogens is 194 g/mol. The number of ether oxygens (including phenoxy) is 1. The van der Waals surface area contributed by atoms with Crippen molar-refractivity contribution < 1.29 is 14.6 Å². The summed E-state index contributed by atoms with van der Waals surface area (Å²) in [5.74, 6) is -0.821. The second-order valence-corrected chi connectivity index (χ2v) is 5.12. The summed E-state index contributed by atoms with van der Waals surface area (Å²) < 4.78 is 5.86. The number of likely N-dealkylation sites (tertiary alicyclic amines) is 1. The van der Waals surface area contributed by atoms with E-state index in [2.05, 4.69) is 11.9 Å². The summed E-state index contributed by atoms with van der Waals surface area (Å²) in [5.41, 5.74) is -1.10. The highest BCUT2D eigenvalue weighted by atomic mass is 16.6. The molecule has 2 heterocycles. The number of piperidine rings is 1. The third kappa shape index (κ3) is 1.88. The van der Waals surface area contributed by atoms with E-state index in [4.69, 9.17) is 9.84 Å². The van der Waals surface area contributed by atoms with Crippen molar-refractivity contribution in [3.63, 3.8) is 0 Å². The van der Waals surface area contributed by atoms with Crippen LogP contribution >= 0.6 is 0 Å². The fourth-order valence-corrected chi connectivity index (χ4v) is 2.57. The first kappa shape index (κ1) is 10.9. The first-order valence-corrected chi connectivity index (χ1v) is 5.58. The van der Waals surface area contributed by atoms with E-state index in [0.717, 1.165) is 32.4 Å². The van der Waals surface area contributed by atoms with Crippen molar-refractivity contribution in [3.8, 4) is 0 Å². The standard InChI is InChI=1S/C11H19NO3/c1-10(9(13)14)3-4-11(15-10)5-7-12(2)8-6-11/h3-8H2,1-2H3,(H,13,14). The molecule has 1 unspecified atom stereocenters. The van der Waals surface area contributed by atoms with Gasteiger partial charge < -0.3 is 14.7 Å². The van der Waals surface area contributed by atoms with Crippen molar-refractivity contribution >= 4 is 5.97 Å². The quantitative estimate of drug-likeness (QED) is 0.708. The van der Waals surface area contributed by atoms with Crippen LogP contribution in [0.15, 0.2) is 0 Å². The third-order valence-electron chi connectivity index (χ3n) is 3.85. The fourth-order valence-electron chi connectivity index (χ4n) is 2.57. The van der Waals surface area contributed by atoms with E-state index < -0.39 is 11.6 Å². The van der Waals surface area contributed by atoms with Gasteiger partial charge in [0.15, 0.2) is 5.60 Å². The first-order chi connectivity index (χ1) is 6.96. The molecule has 0 aliphatic carbocycles. The summed E-state index contributed by atoms with van der Waals surface area (Å²) in [6, 6.07) is 0. The summed E-state index contributed by atoms with van der Waals surface area (Å²) >= 11 is 0. The van der Waals surface area contributed by atoms with Crippen molar-refractivity contribution in [2.45, 2.75) is 43.8 Å². The predicted octanol–water partition coefficient (Wildman–Crippen LogP) is 1.10. The molecule has 1 spiro atoms. The molecular formula is C11H19NO3. The normalized spacial score (nSPS) is 35.9. The molecule has 15 heavy (non-hydrogen) atoms. The zero-order valence-corrected chi connectivity index (χ0v) is 9.45. The molecule has 2 aliphatic heterocycles. The average molecular weight is 213 g/mol. The van der Waals surface area contributed by atoms with Gasteiger partial charge in [-0.05, 0) is 39.7 Å². The number of aliphatic carboxylic acids is 1. The molecule has 1 N–H and O–H groups in total. The van der Waals surface area contributed by atoms with Crippen molar-refractivity contribution in [1.29, 1.82) is 0 Å². The zero-order chi connectivity index (χ0) is 11.1. The zero-order valence-electron chi connectivity index (χ0n) is 9.45. The highest BCUT2D eigenvalue weighted by Gasteiger charge is 2.51. The van der Waals surface area contributed by atoms with Crippen LogP contribution in [0.3, 0.4) is 0 Å². The van der Waals surface area contributed by atoms with Crippen LogP contribution in [0.25, 0.3) is 0 Å². The molecule has 2 saturated heterocycles. The molecule has 2 aliphatic rings. The Morgan fingerprint density at radius 1 is 1.27 bits per heavy atom. The maximum atomic E-state index is 11.1. The van der Waals surface area contributed by atoms with E-state index in [-0.39, 0.29) is 5.60 Å². The van der Waals surface area contributed by atoms with Crippen molar-refractivity contribution in [2.75, 3.05) is 20.1 Å². The highest BCUT2D eigenvalue weighted by molar-refractivity contribution is 5.77. The Balaban J connectivity index is 2.05. The molecule has 0 saturated carbocycles. The molecule has 1 atom stereocenters. The number of carbonyl (C=O) groups is 1. The number of carboxylic acids is 1. The predicted molar refractivity (Wildman–Crippen MR) is 55.8 cm³/mol. The van der Waals surface area contributed by atoms with E-state index in [9.17, 15) is 4.79 Å². The molecule has 0 aromatic carbocycles. The van der Waals surface area contributed by atoms with Crippen molar-refractivity contribution in [1.82, 2.24) is 4.90 Å². The van der Waals surface area contributed by atoms with Crippen LogP contribution in [-0.4, -0.2) is 47.3 Å². The van der Waals surface area contributed by atoms with Gasteiger partial charge in [0.25, 0.3) is 0 Å². The molecule has 86 valence electrons. The number of rotatable bonds is 1. The SMILES string of the molecule is CN1CCC2(CC1)CCC(C)(C(=O)O)O2. The Labute approximate surface area is 90.2 Å². The van der Waals surface area contributed by atoms with E-state index in [1.54, 1.807) is 6.92 Å². The van der Waals surface area contributed by atoms with Gasteiger partial charge in [-0.2, -0.15) is 0 Å². The minimum absolute atomic E-state index is 0.153. The van der Waals surface area contributed by atoms with Crippen LogP contribution in [0.2, 0.25) is 0 Å². The highest BCUT2D eigenvalue weighted by Crippen LogP contribution is 2.43. The Morgan fingerprint density at radius 2 is 1.87 bits per heavy atom. The second kappa shape index (κ2) is 3.46. The number of carboxylic acid groups (broad SMARTS) is 1. The molecule has 2 fully saturated rings. The Bertz CT molecular complexity index is 271. The number of hydrogen-bond acceptors (Lipinski definition) is 3. The third-order valence-corrected chi connectivity index (χ3v) is 3.85. The topological polar surface area (TPSA) is 49.8 Å². The lowest BCUT2D eigenvalue weighted by atomic mass is 9.88. The minimum atomic E-state index is -0.949. The van der Waals surface area contributed by atoms with Gasteiger partial charge >= 0.3 is 5.97 Å². The van der Waals surface area contributed by atoms with Crippen LogP contribution in [0.4, 0.5) is 0 Å². The molecule has 2 rings (SSSR count). The second-order valence-electron chi connectivity index (χ2n) is 5.12. The minimum Gasteiger partial charge on any atom is -0.479 e. The van der Waals surface area contributed by atoms with Gasteiger partial charge in [0.2, 0.25) is 0 Å². The lowest BCUT2D eigenvalue weighted by Crippen LogP contribution is -2.46. The lowest BCUT2D eigenvalue weighted by molar-refractivity contribution is -0.175. The monoisotopic (exact) mass is 213 g/mol. The smallest absolute Gasteiger partial charge is 0.335 e. The maximum Gasteiger partial charge on any atom is 0.335 e. The molecule has 4 nitrogen and oxygen atoms in total. The summed E-state index contributed by atoms with van der Waals surface area (Å²) in [7, 11) is 2.10. The van der Waals surface area contributed by atoms with Gasteiger partial charge in [-0.15, -0.1) is 0 Å². The molecule has 0 amide bonds. The van der Waals surface area contributed by atoms with Crippen LogP contribution in [0, 0.1) is 0 Å². The van der Waals surface area contributed by atoms with Gasteiger partial charge in [-0.1, -0.05) is 0 Å². The Kier molecular flexibility index (Phi) is 2.51. The van der Waals surface area contributed by atoms with E-state index in [1.807, 2.05) is 0 Å². The van der Waals surface area contributed by atoms with Gasteiger partial charge in [0, 0.05) is 13.1 Å². The van der Waals surface area contributed by atoms with Crippen LogP contribution in [0.1, 0.15) is 32.6 Å². The maximum absolute atomic E-state index is 11.1. The van der Waals surface area contributed by atoms with Crippen molar-refractivity contribution in [2.24, 2.45) is 0 Å². The van der Waals surface area contributed by atoms with E-state index in [1.165, 1.54) is 0 Å². The molecule has 0 radical (unpaired) electrons. The molecule has 4 heteroatoms. The molecule has 0 bridgehead atoms. The van der Waals surface area contributed by atoms with Gasteiger partial charge in [-0.3, -0.25) is 0 Å². The van der Waals surface area contributed by atoms with E-state index in [0.29, 0.717) is 6.42 Å². The Hall–Kier alpha value is -0.610. The summed E-state index contributed by atoms with van der Waals surface area (Å²) in [4.78, 5) is 13.3. The average Bonchev–Trinajstić information content (AvgIpc) is 2.52. The first-order valence-electron chi connectivity index (χ1n) is 5.58. The summed E-state index contributed by atoms with van der Waals surface area (Å²) in [6.07, 6.45) is 3.47. The van der Waals surface area contributed by atoms with Gasteiger partial charge in [-0.25, -0.2) is 4.79 Å². The van der Waals surface area contributed by atoms with Gasteiger partial charge in [0.05, 0.1) is 5.60 Å². The van der Waals surface area contributed by atoms with Crippen LogP contribution in [0.5, 0.6) is 0 Å². The number of hydrogen-bond donors (Lipinski definition) is 1. The lowest BCUT2D eigenvalue weighted by Gasteiger charge is -2.38. The fraction of sp³-hybridized carbons (Fsp3) is 0.909. The van der Waals surface area contributed by atoms with Crippen LogP contribution < -0.4 is 0 Å². The molecule has 0 aromatic rings.